The zero-order chi connectivity index (χ0) is 25.2. The predicted molar refractivity (Wildman–Crippen MR) is 142 cm³/mol. The molecule has 0 saturated carbocycles. The number of aliphatic imine (C=N–C) groups is 1. The molecule has 0 spiro atoms. The molecule has 5 rings (SSSR count). The van der Waals surface area contributed by atoms with Crippen LogP contribution >= 0.6 is 35.0 Å². The molecule has 0 saturated heterocycles. The summed E-state index contributed by atoms with van der Waals surface area (Å²) in [5.41, 5.74) is 2.18. The van der Waals surface area contributed by atoms with Crippen molar-refractivity contribution in [2.24, 2.45) is 10.1 Å². The number of thioether (sulfide) groups is 1. The molecule has 0 atom stereocenters. The number of hydrogen-bond donors (Lipinski definition) is 1. The fourth-order valence-corrected chi connectivity index (χ4v) is 4.87. The van der Waals surface area contributed by atoms with Gasteiger partial charge in [-0.3, -0.25) is 15.2 Å². The average molecular weight is 538 g/mol. The monoisotopic (exact) mass is 537 g/mol. The topological polar surface area (TPSA) is 100 Å². The highest BCUT2D eigenvalue weighted by Gasteiger charge is 2.36. The molecular formula is C25H17Cl2N5O3S. The standard InChI is InChI=1S/C25H17Cl2N5O3S/c1-34-21-11-14(7-8-20(21)35-13-17-18(26)5-2-6-19(17)27)10-16-22(28)32-25(30-23(16)33)36-24(31-32)15-4-3-9-29-12-15/h2-12,28H,13H2,1H3. The van der Waals surface area contributed by atoms with Crippen LogP contribution in [0.1, 0.15) is 16.7 Å². The Balaban J connectivity index is 1.38. The number of carbonyl (C=O) groups excluding carboxylic acids is 1. The van der Waals surface area contributed by atoms with Crippen molar-refractivity contribution in [3.05, 3.63) is 93.2 Å². The van der Waals surface area contributed by atoms with Crippen LogP contribution in [-0.4, -0.2) is 39.1 Å². The third-order valence-corrected chi connectivity index (χ3v) is 6.96. The Bertz CT molecular complexity index is 1450. The van der Waals surface area contributed by atoms with Gasteiger partial charge in [0.1, 0.15) is 11.7 Å². The normalized spacial score (nSPS) is 16.1. The van der Waals surface area contributed by atoms with Crippen molar-refractivity contribution >= 4 is 63.0 Å². The number of nitrogens with one attached hydrogen (secondary N) is 1. The third kappa shape index (κ3) is 4.73. The lowest BCUT2D eigenvalue weighted by molar-refractivity contribution is -0.114. The van der Waals surface area contributed by atoms with E-state index in [1.54, 1.807) is 60.9 Å². The minimum absolute atomic E-state index is 0.0657. The van der Waals surface area contributed by atoms with E-state index >= 15 is 0 Å². The molecule has 8 nitrogen and oxygen atoms in total. The van der Waals surface area contributed by atoms with Crippen molar-refractivity contribution in [3.8, 4) is 11.5 Å². The second-order valence-corrected chi connectivity index (χ2v) is 9.34. The zero-order valence-corrected chi connectivity index (χ0v) is 21.1. The van der Waals surface area contributed by atoms with Crippen LogP contribution in [0.3, 0.4) is 0 Å². The number of rotatable bonds is 6. The number of aromatic nitrogens is 1. The van der Waals surface area contributed by atoms with E-state index in [-0.39, 0.29) is 18.0 Å². The lowest BCUT2D eigenvalue weighted by Gasteiger charge is -2.20. The van der Waals surface area contributed by atoms with Crippen molar-refractivity contribution in [2.45, 2.75) is 6.61 Å². The van der Waals surface area contributed by atoms with Gasteiger partial charge in [0.2, 0.25) is 5.17 Å². The van der Waals surface area contributed by atoms with Crippen LogP contribution in [0.4, 0.5) is 0 Å². The van der Waals surface area contributed by atoms with Crippen LogP contribution < -0.4 is 9.47 Å². The Labute approximate surface area is 220 Å². The van der Waals surface area contributed by atoms with E-state index in [1.165, 1.54) is 23.9 Å². The largest absolute Gasteiger partial charge is 0.493 e. The summed E-state index contributed by atoms with van der Waals surface area (Å²) in [4.78, 5) is 21.0. The van der Waals surface area contributed by atoms with E-state index < -0.39 is 5.91 Å². The van der Waals surface area contributed by atoms with Gasteiger partial charge in [0.25, 0.3) is 5.91 Å². The first kappa shape index (κ1) is 24.1. The maximum Gasteiger partial charge on any atom is 0.283 e. The minimum atomic E-state index is -0.519. The van der Waals surface area contributed by atoms with Crippen LogP contribution in [0.2, 0.25) is 10.0 Å². The summed E-state index contributed by atoms with van der Waals surface area (Å²) in [5, 5.41) is 16.4. The molecule has 180 valence electrons. The molecule has 11 heteroatoms. The molecule has 0 aliphatic carbocycles. The fourth-order valence-electron chi connectivity index (χ4n) is 3.48. The molecule has 1 amide bonds. The van der Waals surface area contributed by atoms with Crippen molar-refractivity contribution < 1.29 is 14.3 Å². The maximum atomic E-state index is 12.8. The van der Waals surface area contributed by atoms with Crippen molar-refractivity contribution in [1.29, 1.82) is 5.41 Å². The summed E-state index contributed by atoms with van der Waals surface area (Å²) in [6.45, 7) is 0.153. The van der Waals surface area contributed by atoms with Gasteiger partial charge in [-0.1, -0.05) is 35.3 Å². The highest BCUT2D eigenvalue weighted by atomic mass is 35.5. The smallest absolute Gasteiger partial charge is 0.283 e. The number of pyridine rings is 1. The summed E-state index contributed by atoms with van der Waals surface area (Å²) in [7, 11) is 1.52. The first-order valence-corrected chi connectivity index (χ1v) is 12.2. The van der Waals surface area contributed by atoms with Gasteiger partial charge in [0.05, 0.1) is 12.7 Å². The summed E-state index contributed by atoms with van der Waals surface area (Å²) < 4.78 is 11.4. The van der Waals surface area contributed by atoms with Gasteiger partial charge in [-0.2, -0.15) is 15.1 Å². The molecule has 0 radical (unpaired) electrons. The summed E-state index contributed by atoms with van der Waals surface area (Å²) in [6, 6.07) is 14.1. The molecule has 2 aliphatic rings. The number of benzene rings is 2. The van der Waals surface area contributed by atoms with Crippen molar-refractivity contribution in [2.75, 3.05) is 7.11 Å². The molecule has 3 heterocycles. The molecule has 0 unspecified atom stereocenters. The second-order valence-electron chi connectivity index (χ2n) is 7.57. The quantitative estimate of drug-likeness (QED) is 0.408. The van der Waals surface area contributed by atoms with Crippen LogP contribution in [0.15, 0.2) is 76.6 Å². The van der Waals surface area contributed by atoms with E-state index in [0.29, 0.717) is 42.9 Å². The minimum Gasteiger partial charge on any atom is -0.493 e. The Morgan fingerprint density at radius 3 is 2.64 bits per heavy atom. The molecule has 0 fully saturated rings. The fraction of sp³-hybridized carbons (Fsp3) is 0.0800. The van der Waals surface area contributed by atoms with E-state index in [1.807, 2.05) is 6.07 Å². The van der Waals surface area contributed by atoms with Crippen LogP contribution in [-0.2, 0) is 11.4 Å². The SMILES string of the molecule is COc1cc(C=C2C(=N)N3N=C(c4cccnc4)SC3=NC2=O)ccc1OCc1c(Cl)cccc1Cl. The van der Waals surface area contributed by atoms with Gasteiger partial charge in [0.15, 0.2) is 17.3 Å². The van der Waals surface area contributed by atoms with Gasteiger partial charge < -0.3 is 9.47 Å². The van der Waals surface area contributed by atoms with Gasteiger partial charge >= 0.3 is 0 Å². The van der Waals surface area contributed by atoms with Gasteiger partial charge in [-0.05, 0) is 59.8 Å². The Morgan fingerprint density at radius 2 is 1.92 bits per heavy atom. The highest BCUT2D eigenvalue weighted by molar-refractivity contribution is 8.27. The molecule has 0 bridgehead atoms. The van der Waals surface area contributed by atoms with Crippen LogP contribution in [0.25, 0.3) is 6.08 Å². The number of nitrogens with zero attached hydrogens (tertiary/aromatic N) is 4. The number of ether oxygens (including phenoxy) is 2. The highest BCUT2D eigenvalue weighted by Crippen LogP contribution is 2.34. The average Bonchev–Trinajstić information content (AvgIpc) is 3.31. The number of amides is 1. The molecule has 1 N–H and O–H groups in total. The van der Waals surface area contributed by atoms with E-state index in [0.717, 1.165) is 5.56 Å². The lowest BCUT2D eigenvalue weighted by atomic mass is 10.1. The second kappa shape index (κ2) is 10.1. The maximum absolute atomic E-state index is 12.8. The zero-order valence-electron chi connectivity index (χ0n) is 18.7. The lowest BCUT2D eigenvalue weighted by Crippen LogP contribution is -2.35. The Hall–Kier alpha value is -3.66. The number of amidine groups is 2. The Kier molecular flexibility index (Phi) is 6.77. The first-order valence-electron chi connectivity index (χ1n) is 10.6. The number of carbonyl (C=O) groups is 1. The summed E-state index contributed by atoms with van der Waals surface area (Å²) in [5.74, 6) is 0.334. The van der Waals surface area contributed by atoms with Crippen LogP contribution in [0, 0.1) is 5.41 Å². The van der Waals surface area contributed by atoms with Crippen molar-refractivity contribution in [1.82, 2.24) is 9.99 Å². The van der Waals surface area contributed by atoms with Gasteiger partial charge in [-0.15, -0.1) is 0 Å². The third-order valence-electron chi connectivity index (χ3n) is 5.30. The molecule has 1 aromatic heterocycles. The molecular weight excluding hydrogens is 521 g/mol. The van der Waals surface area contributed by atoms with Gasteiger partial charge in [-0.25, -0.2) is 0 Å². The molecule has 2 aromatic carbocycles. The summed E-state index contributed by atoms with van der Waals surface area (Å²) in [6.07, 6.45) is 4.91. The summed E-state index contributed by atoms with van der Waals surface area (Å²) >= 11 is 13.7. The number of halogens is 2. The van der Waals surface area contributed by atoms with E-state index in [2.05, 4.69) is 15.1 Å². The van der Waals surface area contributed by atoms with E-state index in [9.17, 15) is 4.79 Å². The predicted octanol–water partition coefficient (Wildman–Crippen LogP) is 5.64. The molecule has 2 aliphatic heterocycles. The Morgan fingerprint density at radius 1 is 1.11 bits per heavy atom. The van der Waals surface area contributed by atoms with Crippen molar-refractivity contribution in [3.63, 3.8) is 0 Å². The number of hydrogen-bond acceptors (Lipinski definition) is 7. The number of methoxy groups -OCH3 is 1. The van der Waals surface area contributed by atoms with Gasteiger partial charge in [0, 0.05) is 33.6 Å². The molecule has 3 aromatic rings. The molecule has 36 heavy (non-hydrogen) atoms. The number of hydrazone groups is 1. The number of fused-ring (bicyclic) bond motifs is 1. The van der Waals surface area contributed by atoms with E-state index in [4.69, 9.17) is 38.1 Å². The van der Waals surface area contributed by atoms with Crippen LogP contribution in [0.5, 0.6) is 11.5 Å². The first-order chi connectivity index (χ1) is 17.4.